The van der Waals surface area contributed by atoms with Gasteiger partial charge in [0.25, 0.3) is 0 Å². The molecule has 2 N–H and O–H groups in total. The van der Waals surface area contributed by atoms with E-state index in [1.54, 1.807) is 12.3 Å². The summed E-state index contributed by atoms with van der Waals surface area (Å²) in [7, 11) is -2.65. The Morgan fingerprint density at radius 3 is 2.65 bits per heavy atom. The molecule has 0 unspecified atom stereocenters. The van der Waals surface area contributed by atoms with E-state index in [9.17, 15) is 18.3 Å². The second-order valence-electron chi connectivity index (χ2n) is 4.97. The molecule has 0 radical (unpaired) electrons. The topological polar surface area (TPSA) is 92.7 Å². The summed E-state index contributed by atoms with van der Waals surface area (Å²) in [5.41, 5.74) is -0.295. The predicted octanol–water partition coefficient (Wildman–Crippen LogP) is 1.04. The molecule has 1 aliphatic rings. The summed E-state index contributed by atoms with van der Waals surface area (Å²) in [4.78, 5) is 11.7. The highest BCUT2D eigenvalue weighted by atomic mass is 32.2. The van der Waals surface area contributed by atoms with Crippen molar-refractivity contribution in [1.29, 1.82) is 0 Å². The fourth-order valence-electron chi connectivity index (χ4n) is 2.23. The van der Waals surface area contributed by atoms with Gasteiger partial charge in [0.15, 0.2) is 0 Å². The van der Waals surface area contributed by atoms with Crippen LogP contribution in [0.4, 0.5) is 0 Å². The van der Waals surface area contributed by atoms with Crippen LogP contribution in [0.5, 0.6) is 0 Å². The van der Waals surface area contributed by atoms with Gasteiger partial charge in [-0.25, -0.2) is 17.9 Å². The number of carbonyl (C=O) groups is 1. The summed E-state index contributed by atoms with van der Waals surface area (Å²) in [5.74, 6) is -0.671. The maximum atomic E-state index is 12.5. The van der Waals surface area contributed by atoms with Crippen molar-refractivity contribution in [1.82, 2.24) is 4.72 Å². The van der Waals surface area contributed by atoms with Crippen molar-refractivity contribution in [3.8, 4) is 0 Å². The van der Waals surface area contributed by atoms with Crippen LogP contribution in [0.15, 0.2) is 10.3 Å². The van der Waals surface area contributed by atoms with Crippen molar-refractivity contribution in [3.05, 3.63) is 15.8 Å². The van der Waals surface area contributed by atoms with Crippen LogP contribution in [0, 0.1) is 6.92 Å². The number of hydrogen-bond donors (Lipinski definition) is 2. The molecule has 112 valence electrons. The molecule has 8 heteroatoms. The SMILES string of the molecule is COC(=O)c1scc(C)c1S(=O)(=O)NC1(CO)CCC1. The number of rotatable bonds is 5. The van der Waals surface area contributed by atoms with Crippen molar-refractivity contribution in [2.75, 3.05) is 13.7 Å². The molecule has 2 rings (SSSR count). The number of hydrogen-bond acceptors (Lipinski definition) is 6. The lowest BCUT2D eigenvalue weighted by atomic mass is 9.78. The number of ether oxygens (including phenoxy) is 1. The molecule has 6 nitrogen and oxygen atoms in total. The molecule has 0 amide bonds. The van der Waals surface area contributed by atoms with E-state index in [-0.39, 0.29) is 16.4 Å². The number of sulfonamides is 1. The highest BCUT2D eigenvalue weighted by Crippen LogP contribution is 2.35. The Kier molecular flexibility index (Phi) is 4.19. The van der Waals surface area contributed by atoms with Gasteiger partial charge >= 0.3 is 5.97 Å². The molecule has 0 saturated heterocycles. The lowest BCUT2D eigenvalue weighted by Crippen LogP contribution is -2.56. The standard InChI is InChI=1S/C12H17NO5S2/c1-8-6-19-9(11(15)18-2)10(8)20(16,17)13-12(7-14)4-3-5-12/h6,13-14H,3-5,7H2,1-2H3. The van der Waals surface area contributed by atoms with Gasteiger partial charge in [0, 0.05) is 0 Å². The molecule has 1 aromatic rings. The number of thiophene rings is 1. The minimum Gasteiger partial charge on any atom is -0.465 e. The molecular weight excluding hydrogens is 302 g/mol. The zero-order valence-corrected chi connectivity index (χ0v) is 12.9. The predicted molar refractivity (Wildman–Crippen MR) is 74.4 cm³/mol. The normalized spacial score (nSPS) is 17.6. The third kappa shape index (κ3) is 2.60. The van der Waals surface area contributed by atoms with E-state index in [4.69, 9.17) is 0 Å². The fourth-order valence-corrected chi connectivity index (χ4v) is 5.39. The fraction of sp³-hybridized carbons (Fsp3) is 0.583. The van der Waals surface area contributed by atoms with Crippen molar-refractivity contribution < 1.29 is 23.1 Å². The first-order chi connectivity index (χ1) is 9.35. The summed E-state index contributed by atoms with van der Waals surface area (Å²) < 4.78 is 32.2. The van der Waals surface area contributed by atoms with Crippen LogP contribution in [-0.4, -0.2) is 38.7 Å². The second kappa shape index (κ2) is 5.44. The number of methoxy groups -OCH3 is 1. The van der Waals surface area contributed by atoms with Gasteiger partial charge in [0.1, 0.15) is 9.77 Å². The van der Waals surface area contributed by atoms with E-state index in [2.05, 4.69) is 9.46 Å². The minimum absolute atomic E-state index is 0.0472. The highest BCUT2D eigenvalue weighted by Gasteiger charge is 2.41. The smallest absolute Gasteiger partial charge is 0.349 e. The van der Waals surface area contributed by atoms with Crippen LogP contribution < -0.4 is 4.72 Å². The Hall–Kier alpha value is -0.960. The van der Waals surface area contributed by atoms with Gasteiger partial charge < -0.3 is 9.84 Å². The average molecular weight is 319 g/mol. The molecule has 0 spiro atoms. The molecule has 0 aromatic carbocycles. The molecule has 1 heterocycles. The van der Waals surface area contributed by atoms with Gasteiger partial charge in [-0.3, -0.25) is 0 Å². The van der Waals surface area contributed by atoms with Crippen LogP contribution in [0.1, 0.15) is 34.5 Å². The highest BCUT2D eigenvalue weighted by molar-refractivity contribution is 7.89. The zero-order valence-electron chi connectivity index (χ0n) is 11.3. The monoisotopic (exact) mass is 319 g/mol. The summed E-state index contributed by atoms with van der Waals surface area (Å²) in [6.07, 6.45) is 2.06. The molecule has 0 bridgehead atoms. The van der Waals surface area contributed by atoms with E-state index in [1.165, 1.54) is 7.11 Å². The quantitative estimate of drug-likeness (QED) is 0.791. The third-order valence-electron chi connectivity index (χ3n) is 3.52. The first-order valence-corrected chi connectivity index (χ1v) is 8.53. The van der Waals surface area contributed by atoms with Gasteiger partial charge in [0.2, 0.25) is 10.0 Å². The lowest BCUT2D eigenvalue weighted by molar-refractivity contribution is 0.0602. The van der Waals surface area contributed by atoms with Crippen molar-refractivity contribution in [2.24, 2.45) is 0 Å². The molecule has 1 fully saturated rings. The van der Waals surface area contributed by atoms with Crippen molar-refractivity contribution in [3.63, 3.8) is 0 Å². The Bertz CT molecular complexity index is 610. The molecule has 1 saturated carbocycles. The second-order valence-corrected chi connectivity index (χ2v) is 7.46. The van der Waals surface area contributed by atoms with Gasteiger partial charge in [-0.15, -0.1) is 11.3 Å². The Morgan fingerprint density at radius 1 is 1.55 bits per heavy atom. The first-order valence-electron chi connectivity index (χ1n) is 6.16. The number of nitrogens with one attached hydrogen (secondary N) is 1. The average Bonchev–Trinajstić information content (AvgIpc) is 2.75. The minimum atomic E-state index is -3.86. The summed E-state index contributed by atoms with van der Waals surface area (Å²) >= 11 is 1.04. The molecule has 0 atom stereocenters. The van der Waals surface area contributed by atoms with E-state index >= 15 is 0 Å². The van der Waals surface area contributed by atoms with Gasteiger partial charge in [-0.2, -0.15) is 0 Å². The Balaban J connectivity index is 2.39. The summed E-state index contributed by atoms with van der Waals surface area (Å²) in [6, 6.07) is 0. The maximum Gasteiger partial charge on any atom is 0.349 e. The first kappa shape index (κ1) is 15.4. The van der Waals surface area contributed by atoms with Crippen LogP contribution in [0.25, 0.3) is 0 Å². The van der Waals surface area contributed by atoms with Gasteiger partial charge in [0.05, 0.1) is 19.3 Å². The van der Waals surface area contributed by atoms with Crippen LogP contribution >= 0.6 is 11.3 Å². The number of aliphatic hydroxyl groups is 1. The van der Waals surface area contributed by atoms with Gasteiger partial charge in [-0.05, 0) is 37.1 Å². The zero-order chi connectivity index (χ0) is 15.0. The van der Waals surface area contributed by atoms with E-state index < -0.39 is 21.5 Å². The maximum absolute atomic E-state index is 12.5. The number of aliphatic hydroxyl groups excluding tert-OH is 1. The summed E-state index contributed by atoms with van der Waals surface area (Å²) in [5, 5.41) is 11.0. The third-order valence-corrected chi connectivity index (χ3v) is 6.49. The number of carbonyl (C=O) groups excluding carboxylic acids is 1. The lowest BCUT2D eigenvalue weighted by Gasteiger charge is -2.40. The number of esters is 1. The largest absolute Gasteiger partial charge is 0.465 e. The summed E-state index contributed by atoms with van der Waals surface area (Å²) in [6.45, 7) is 1.38. The van der Waals surface area contributed by atoms with E-state index in [0.717, 1.165) is 17.8 Å². The Morgan fingerprint density at radius 2 is 2.20 bits per heavy atom. The molecule has 1 aromatic heterocycles. The van der Waals surface area contributed by atoms with Crippen LogP contribution in [0.3, 0.4) is 0 Å². The number of aryl methyl sites for hydroxylation is 1. The Labute approximate surface area is 121 Å². The molecule has 0 aliphatic heterocycles. The van der Waals surface area contributed by atoms with Crippen molar-refractivity contribution in [2.45, 2.75) is 36.6 Å². The van der Waals surface area contributed by atoms with Crippen LogP contribution in [0.2, 0.25) is 0 Å². The molecule has 20 heavy (non-hydrogen) atoms. The molecular formula is C12H17NO5S2. The molecule has 1 aliphatic carbocycles. The van der Waals surface area contributed by atoms with E-state index in [0.29, 0.717) is 18.4 Å². The van der Waals surface area contributed by atoms with Crippen LogP contribution in [-0.2, 0) is 14.8 Å². The van der Waals surface area contributed by atoms with E-state index in [1.807, 2.05) is 0 Å². The van der Waals surface area contributed by atoms with Gasteiger partial charge in [-0.1, -0.05) is 0 Å². The van der Waals surface area contributed by atoms with Crippen molar-refractivity contribution >= 4 is 27.3 Å².